The molecule has 0 aliphatic heterocycles. The van der Waals surface area contributed by atoms with E-state index in [0.29, 0.717) is 39.5 Å². The summed E-state index contributed by atoms with van der Waals surface area (Å²) >= 11 is 13.7. The number of nitrogens with one attached hydrogen (secondary N) is 1. The van der Waals surface area contributed by atoms with Crippen LogP contribution in [0.25, 0.3) is 11.3 Å². The smallest absolute Gasteiger partial charge is 0.251 e. The number of hydrogen-bond donors (Lipinski definition) is 1. The van der Waals surface area contributed by atoms with Crippen LogP contribution in [0.5, 0.6) is 11.6 Å². The van der Waals surface area contributed by atoms with Gasteiger partial charge in [0.2, 0.25) is 5.88 Å². The van der Waals surface area contributed by atoms with Gasteiger partial charge in [0.1, 0.15) is 5.75 Å². The molecule has 4 nitrogen and oxygen atoms in total. The number of amides is 1. The van der Waals surface area contributed by atoms with E-state index >= 15 is 0 Å². The highest BCUT2D eigenvalue weighted by atomic mass is 35.5. The second-order valence-electron chi connectivity index (χ2n) is 5.90. The molecule has 0 aliphatic carbocycles. The molecule has 0 radical (unpaired) electrons. The predicted octanol–water partition coefficient (Wildman–Crippen LogP) is 5.94. The summed E-state index contributed by atoms with van der Waals surface area (Å²) in [6.07, 6.45) is 2.00. The number of rotatable bonds is 7. The molecule has 1 amide bonds. The van der Waals surface area contributed by atoms with Crippen LogP contribution in [0.1, 0.15) is 10.4 Å². The average molecular weight is 433 g/mol. The molecule has 28 heavy (non-hydrogen) atoms. The number of carbonyl (C=O) groups excluding carboxylic acids is 1. The minimum absolute atomic E-state index is 0.100. The molecule has 1 aromatic heterocycles. The molecule has 144 valence electrons. The van der Waals surface area contributed by atoms with Crippen LogP contribution in [0.4, 0.5) is 0 Å². The molecular formula is C21H18Cl2N2O2S. The second-order valence-corrected chi connectivity index (χ2v) is 7.76. The number of ether oxygens (including phenoxy) is 1. The maximum Gasteiger partial charge on any atom is 0.251 e. The third kappa shape index (κ3) is 5.64. The molecule has 0 unspecified atom stereocenters. The van der Waals surface area contributed by atoms with E-state index in [0.717, 1.165) is 11.3 Å². The average Bonchev–Trinajstić information content (AvgIpc) is 2.67. The molecule has 0 saturated carbocycles. The third-order valence-corrected chi connectivity index (χ3v) is 4.84. The summed E-state index contributed by atoms with van der Waals surface area (Å²) in [5.41, 5.74) is 2.12. The standard InChI is InChI=1S/C21H18Cl2N2O2S/c1-28-9-8-24-21(26)15-5-2-4-14(10-15)19-6-3-7-20(25-19)27-18-12-16(22)11-17(23)13-18/h2-7,10-13H,8-9H2,1H3,(H,24,26). The lowest BCUT2D eigenvalue weighted by Crippen LogP contribution is -2.25. The minimum Gasteiger partial charge on any atom is -0.439 e. The van der Waals surface area contributed by atoms with Crippen LogP contribution in [-0.4, -0.2) is 29.4 Å². The lowest BCUT2D eigenvalue weighted by atomic mass is 10.1. The van der Waals surface area contributed by atoms with E-state index in [4.69, 9.17) is 27.9 Å². The lowest BCUT2D eigenvalue weighted by Gasteiger charge is -2.09. The van der Waals surface area contributed by atoms with E-state index in [9.17, 15) is 4.79 Å². The fraction of sp³-hybridized carbons (Fsp3) is 0.143. The summed E-state index contributed by atoms with van der Waals surface area (Å²) in [5, 5.41) is 3.87. The van der Waals surface area contributed by atoms with Gasteiger partial charge < -0.3 is 10.1 Å². The van der Waals surface area contributed by atoms with Crippen LogP contribution in [0, 0.1) is 0 Å². The van der Waals surface area contributed by atoms with Gasteiger partial charge in [0.05, 0.1) is 5.69 Å². The summed E-state index contributed by atoms with van der Waals surface area (Å²) in [7, 11) is 0. The Labute approximate surface area is 178 Å². The summed E-state index contributed by atoms with van der Waals surface area (Å²) < 4.78 is 5.78. The number of benzene rings is 2. The molecule has 1 N–H and O–H groups in total. The molecule has 2 aromatic carbocycles. The van der Waals surface area contributed by atoms with Gasteiger partial charge >= 0.3 is 0 Å². The summed E-state index contributed by atoms with van der Waals surface area (Å²) in [6.45, 7) is 0.633. The Kier molecular flexibility index (Phi) is 7.20. The Morgan fingerprint density at radius 3 is 2.57 bits per heavy atom. The van der Waals surface area contributed by atoms with Gasteiger partial charge in [0.15, 0.2) is 0 Å². The first-order valence-electron chi connectivity index (χ1n) is 8.54. The van der Waals surface area contributed by atoms with E-state index in [1.165, 1.54) is 0 Å². The van der Waals surface area contributed by atoms with Gasteiger partial charge in [-0.15, -0.1) is 0 Å². The Morgan fingerprint density at radius 1 is 1.07 bits per heavy atom. The molecule has 0 bridgehead atoms. The molecule has 0 aliphatic rings. The molecule has 1 heterocycles. The number of nitrogens with zero attached hydrogens (tertiary/aromatic N) is 1. The highest BCUT2D eigenvalue weighted by molar-refractivity contribution is 7.98. The molecule has 7 heteroatoms. The van der Waals surface area contributed by atoms with Crippen molar-refractivity contribution >= 4 is 40.9 Å². The van der Waals surface area contributed by atoms with Crippen LogP contribution < -0.4 is 10.1 Å². The maximum atomic E-state index is 12.3. The van der Waals surface area contributed by atoms with Gasteiger partial charge in [0, 0.05) is 39.5 Å². The van der Waals surface area contributed by atoms with Gasteiger partial charge in [-0.05, 0) is 42.7 Å². The molecule has 0 atom stereocenters. The normalized spacial score (nSPS) is 10.5. The molecule has 0 fully saturated rings. The third-order valence-electron chi connectivity index (χ3n) is 3.79. The van der Waals surface area contributed by atoms with E-state index in [1.807, 2.05) is 36.6 Å². The SMILES string of the molecule is CSCCNC(=O)c1cccc(-c2cccc(Oc3cc(Cl)cc(Cl)c3)n2)c1. The summed E-state index contributed by atoms with van der Waals surface area (Å²) in [4.78, 5) is 16.8. The highest BCUT2D eigenvalue weighted by Crippen LogP contribution is 2.29. The molecule has 0 spiro atoms. The Hall–Kier alpha value is -2.21. The largest absolute Gasteiger partial charge is 0.439 e. The van der Waals surface area contributed by atoms with E-state index < -0.39 is 0 Å². The minimum atomic E-state index is -0.100. The maximum absolute atomic E-state index is 12.3. The number of halogens is 2. The van der Waals surface area contributed by atoms with Gasteiger partial charge in [-0.3, -0.25) is 4.79 Å². The second kappa shape index (κ2) is 9.82. The van der Waals surface area contributed by atoms with Crippen molar-refractivity contribution in [3.05, 3.63) is 76.3 Å². The van der Waals surface area contributed by atoms with Gasteiger partial charge in [-0.1, -0.05) is 41.4 Å². The number of thioether (sulfide) groups is 1. The first kappa shape index (κ1) is 20.5. The zero-order valence-corrected chi connectivity index (χ0v) is 17.4. The van der Waals surface area contributed by atoms with E-state index in [1.54, 1.807) is 42.1 Å². The number of pyridine rings is 1. The zero-order valence-electron chi connectivity index (χ0n) is 15.1. The van der Waals surface area contributed by atoms with Crippen molar-refractivity contribution in [2.24, 2.45) is 0 Å². The first-order valence-corrected chi connectivity index (χ1v) is 10.7. The van der Waals surface area contributed by atoms with Crippen LogP contribution >= 0.6 is 35.0 Å². The molecular weight excluding hydrogens is 415 g/mol. The Morgan fingerprint density at radius 2 is 1.82 bits per heavy atom. The molecule has 3 aromatic rings. The topological polar surface area (TPSA) is 51.2 Å². The van der Waals surface area contributed by atoms with Crippen molar-refractivity contribution in [3.8, 4) is 22.9 Å². The van der Waals surface area contributed by atoms with Crippen molar-refractivity contribution in [2.45, 2.75) is 0 Å². The van der Waals surface area contributed by atoms with E-state index in [2.05, 4.69) is 10.3 Å². The van der Waals surface area contributed by atoms with Crippen molar-refractivity contribution in [1.82, 2.24) is 10.3 Å². The van der Waals surface area contributed by atoms with Crippen LogP contribution in [0.2, 0.25) is 10.0 Å². The zero-order chi connectivity index (χ0) is 19.9. The van der Waals surface area contributed by atoms with E-state index in [-0.39, 0.29) is 5.91 Å². The predicted molar refractivity (Wildman–Crippen MR) is 117 cm³/mol. The summed E-state index contributed by atoms with van der Waals surface area (Å²) in [5.74, 6) is 1.69. The lowest BCUT2D eigenvalue weighted by molar-refractivity contribution is 0.0956. The van der Waals surface area contributed by atoms with Crippen molar-refractivity contribution in [3.63, 3.8) is 0 Å². The number of carbonyl (C=O) groups is 1. The Bertz CT molecular complexity index is 962. The first-order chi connectivity index (χ1) is 13.5. The molecule has 3 rings (SSSR count). The fourth-order valence-corrected chi connectivity index (χ4v) is 3.34. The number of hydrogen-bond acceptors (Lipinski definition) is 4. The van der Waals surface area contributed by atoms with Crippen molar-refractivity contribution < 1.29 is 9.53 Å². The fourth-order valence-electron chi connectivity index (χ4n) is 2.53. The van der Waals surface area contributed by atoms with Gasteiger partial charge in [0.25, 0.3) is 5.91 Å². The highest BCUT2D eigenvalue weighted by Gasteiger charge is 2.09. The quantitative estimate of drug-likeness (QED) is 0.469. The van der Waals surface area contributed by atoms with Crippen LogP contribution in [0.15, 0.2) is 60.7 Å². The Balaban J connectivity index is 1.80. The van der Waals surface area contributed by atoms with Crippen molar-refractivity contribution in [2.75, 3.05) is 18.6 Å². The van der Waals surface area contributed by atoms with Gasteiger partial charge in [-0.2, -0.15) is 11.8 Å². The van der Waals surface area contributed by atoms with Crippen LogP contribution in [0.3, 0.4) is 0 Å². The molecule has 0 saturated heterocycles. The van der Waals surface area contributed by atoms with Gasteiger partial charge in [-0.25, -0.2) is 4.98 Å². The summed E-state index contributed by atoms with van der Waals surface area (Å²) in [6, 6.07) is 17.8. The monoisotopic (exact) mass is 432 g/mol. The van der Waals surface area contributed by atoms with Crippen molar-refractivity contribution in [1.29, 1.82) is 0 Å². The number of aromatic nitrogens is 1. The van der Waals surface area contributed by atoms with Crippen LogP contribution in [-0.2, 0) is 0 Å².